The Morgan fingerprint density at radius 2 is 2.18 bits per heavy atom. The second-order valence-electron chi connectivity index (χ2n) is 3.91. The second-order valence-corrected chi connectivity index (χ2v) is 5.40. The zero-order valence-corrected chi connectivity index (χ0v) is 10.8. The minimum absolute atomic E-state index is 0.178. The Bertz CT molecular complexity index is 470. The lowest BCUT2D eigenvalue weighted by Crippen LogP contribution is -2.17. The largest absolute Gasteiger partial charge is 0.365 e. The van der Waals surface area contributed by atoms with Crippen molar-refractivity contribution in [2.24, 2.45) is 5.73 Å². The van der Waals surface area contributed by atoms with Gasteiger partial charge in [0.05, 0.1) is 5.56 Å². The zero-order chi connectivity index (χ0) is 12.4. The predicted molar refractivity (Wildman–Crippen MR) is 68.8 cm³/mol. The minimum Gasteiger partial charge on any atom is -0.365 e. The number of anilines is 1. The maximum Gasteiger partial charge on any atom is 0.251 e. The number of fused-ring (bicyclic) bond motifs is 1. The highest BCUT2D eigenvalue weighted by Crippen LogP contribution is 2.38. The van der Waals surface area contributed by atoms with Gasteiger partial charge in [0.2, 0.25) is 5.91 Å². The van der Waals surface area contributed by atoms with Crippen molar-refractivity contribution in [1.82, 2.24) is 0 Å². The molecule has 0 radical (unpaired) electrons. The van der Waals surface area contributed by atoms with Crippen molar-refractivity contribution in [3.8, 4) is 0 Å². The molecule has 3 N–H and O–H groups in total. The summed E-state index contributed by atoms with van der Waals surface area (Å²) in [7, 11) is 0. The molecule has 0 saturated carbocycles. The molecule has 1 aromatic heterocycles. The van der Waals surface area contributed by atoms with Crippen molar-refractivity contribution in [3.63, 3.8) is 0 Å². The summed E-state index contributed by atoms with van der Waals surface area (Å²) in [5, 5.41) is 3.30. The number of primary amides is 1. The summed E-state index contributed by atoms with van der Waals surface area (Å²) in [6.45, 7) is 0. The fraction of sp³-hybridized carbons (Fsp3) is 0.455. The van der Waals surface area contributed by atoms with Gasteiger partial charge in [-0.1, -0.05) is 0 Å². The molecular weight excluding hydrogens is 260 g/mol. The summed E-state index contributed by atoms with van der Waals surface area (Å²) in [6.07, 6.45) is 3.13. The van der Waals surface area contributed by atoms with E-state index < -0.39 is 5.91 Å². The highest BCUT2D eigenvalue weighted by atomic mass is 35.5. The predicted octanol–water partition coefficient (Wildman–Crippen LogP) is 1.90. The van der Waals surface area contributed by atoms with E-state index in [1.165, 1.54) is 16.2 Å². The summed E-state index contributed by atoms with van der Waals surface area (Å²) in [5.41, 5.74) is 6.88. The number of halogens is 1. The fourth-order valence-corrected chi connectivity index (χ4v) is 3.51. The standard InChI is InChI=1S/C11H13ClN2O2S/c12-5-4-8(15)14-11-9(10(13)16)6-2-1-3-7(6)17-11/h1-5H2,(H2,13,16)(H,14,15). The Balaban J connectivity index is 2.28. The average molecular weight is 273 g/mol. The number of aryl methyl sites for hydroxylation is 1. The Morgan fingerprint density at radius 3 is 2.82 bits per heavy atom. The molecule has 0 aromatic carbocycles. The molecule has 1 heterocycles. The smallest absolute Gasteiger partial charge is 0.251 e. The van der Waals surface area contributed by atoms with Crippen LogP contribution in [0.4, 0.5) is 5.00 Å². The van der Waals surface area contributed by atoms with Gasteiger partial charge in [0, 0.05) is 17.2 Å². The van der Waals surface area contributed by atoms with Crippen LogP contribution >= 0.6 is 22.9 Å². The lowest BCUT2D eigenvalue weighted by molar-refractivity contribution is -0.115. The first-order valence-corrected chi connectivity index (χ1v) is 6.78. The number of carbonyl (C=O) groups is 2. The number of alkyl halides is 1. The van der Waals surface area contributed by atoms with Crippen LogP contribution in [0.5, 0.6) is 0 Å². The molecule has 0 atom stereocenters. The fourth-order valence-electron chi connectivity index (χ4n) is 2.03. The van der Waals surface area contributed by atoms with Crippen LogP contribution in [0.15, 0.2) is 0 Å². The number of amides is 2. The molecule has 0 saturated heterocycles. The summed E-state index contributed by atoms with van der Waals surface area (Å²) in [6, 6.07) is 0. The topological polar surface area (TPSA) is 72.2 Å². The number of hydrogen-bond acceptors (Lipinski definition) is 3. The molecule has 0 fully saturated rings. The SMILES string of the molecule is NC(=O)c1c(NC(=O)CCCl)sc2c1CCC2. The van der Waals surface area contributed by atoms with Gasteiger partial charge in [-0.15, -0.1) is 22.9 Å². The van der Waals surface area contributed by atoms with E-state index in [-0.39, 0.29) is 18.2 Å². The third kappa shape index (κ3) is 2.45. The molecule has 1 aliphatic rings. The molecule has 17 heavy (non-hydrogen) atoms. The van der Waals surface area contributed by atoms with E-state index in [0.717, 1.165) is 24.8 Å². The molecule has 6 heteroatoms. The van der Waals surface area contributed by atoms with Crippen LogP contribution in [-0.2, 0) is 17.6 Å². The minimum atomic E-state index is -0.467. The third-order valence-corrected chi connectivity index (χ3v) is 4.14. The molecular formula is C11H13ClN2O2S. The van der Waals surface area contributed by atoms with Gasteiger partial charge in [-0.05, 0) is 24.8 Å². The van der Waals surface area contributed by atoms with Crippen molar-refractivity contribution < 1.29 is 9.59 Å². The summed E-state index contributed by atoms with van der Waals surface area (Å²) < 4.78 is 0. The van der Waals surface area contributed by atoms with Gasteiger partial charge in [0.25, 0.3) is 5.91 Å². The molecule has 0 bridgehead atoms. The van der Waals surface area contributed by atoms with E-state index in [2.05, 4.69) is 5.32 Å². The Kier molecular flexibility index (Phi) is 3.69. The van der Waals surface area contributed by atoms with E-state index in [9.17, 15) is 9.59 Å². The van der Waals surface area contributed by atoms with Crippen LogP contribution in [0, 0.1) is 0 Å². The monoisotopic (exact) mass is 272 g/mol. The molecule has 2 rings (SSSR count). The van der Waals surface area contributed by atoms with E-state index >= 15 is 0 Å². The zero-order valence-electron chi connectivity index (χ0n) is 9.22. The quantitative estimate of drug-likeness (QED) is 0.822. The van der Waals surface area contributed by atoms with E-state index in [1.54, 1.807) is 0 Å². The van der Waals surface area contributed by atoms with Crippen molar-refractivity contribution >= 4 is 39.8 Å². The summed E-state index contributed by atoms with van der Waals surface area (Å²) in [5.74, 6) is -0.379. The van der Waals surface area contributed by atoms with Gasteiger partial charge in [0.15, 0.2) is 0 Å². The molecule has 92 valence electrons. The first-order chi connectivity index (χ1) is 8.13. The lowest BCUT2D eigenvalue weighted by Gasteiger charge is -2.04. The molecule has 1 aromatic rings. The maximum atomic E-state index is 11.5. The van der Waals surface area contributed by atoms with Gasteiger partial charge >= 0.3 is 0 Å². The Hall–Kier alpha value is -1.07. The number of carbonyl (C=O) groups excluding carboxylic acids is 2. The maximum absolute atomic E-state index is 11.5. The van der Waals surface area contributed by atoms with Crippen molar-refractivity contribution in [3.05, 3.63) is 16.0 Å². The third-order valence-electron chi connectivity index (χ3n) is 2.74. The van der Waals surface area contributed by atoms with Gasteiger partial charge < -0.3 is 11.1 Å². The van der Waals surface area contributed by atoms with E-state index in [4.69, 9.17) is 17.3 Å². The average Bonchev–Trinajstić information content (AvgIpc) is 2.76. The highest BCUT2D eigenvalue weighted by Gasteiger charge is 2.25. The van der Waals surface area contributed by atoms with E-state index in [1.807, 2.05) is 0 Å². The van der Waals surface area contributed by atoms with Crippen molar-refractivity contribution in [1.29, 1.82) is 0 Å². The molecule has 2 amide bonds. The molecule has 0 spiro atoms. The number of rotatable bonds is 4. The molecule has 4 nitrogen and oxygen atoms in total. The highest BCUT2D eigenvalue weighted by molar-refractivity contribution is 7.17. The normalized spacial score (nSPS) is 13.5. The number of thiophene rings is 1. The van der Waals surface area contributed by atoms with E-state index in [0.29, 0.717) is 10.6 Å². The van der Waals surface area contributed by atoms with Crippen LogP contribution in [-0.4, -0.2) is 17.7 Å². The second kappa shape index (κ2) is 5.06. The van der Waals surface area contributed by atoms with Crippen LogP contribution in [0.1, 0.15) is 33.6 Å². The van der Waals surface area contributed by atoms with Crippen LogP contribution < -0.4 is 11.1 Å². The Labute approximate surface area is 108 Å². The van der Waals surface area contributed by atoms with Gasteiger partial charge in [-0.25, -0.2) is 0 Å². The van der Waals surface area contributed by atoms with Crippen LogP contribution in [0.3, 0.4) is 0 Å². The number of nitrogens with two attached hydrogens (primary N) is 1. The number of nitrogens with one attached hydrogen (secondary N) is 1. The van der Waals surface area contributed by atoms with Gasteiger partial charge in [0.1, 0.15) is 5.00 Å². The molecule has 0 unspecified atom stereocenters. The molecule has 0 aliphatic heterocycles. The Morgan fingerprint density at radius 1 is 1.41 bits per heavy atom. The molecule has 1 aliphatic carbocycles. The first kappa shape index (κ1) is 12.4. The lowest BCUT2D eigenvalue weighted by atomic mass is 10.1. The summed E-state index contributed by atoms with van der Waals surface area (Å²) in [4.78, 5) is 24.1. The van der Waals surface area contributed by atoms with Gasteiger partial charge in [-0.2, -0.15) is 0 Å². The van der Waals surface area contributed by atoms with Crippen LogP contribution in [0.25, 0.3) is 0 Å². The number of hydrogen-bond donors (Lipinski definition) is 2. The van der Waals surface area contributed by atoms with Crippen LogP contribution in [0.2, 0.25) is 0 Å². The first-order valence-electron chi connectivity index (χ1n) is 5.43. The van der Waals surface area contributed by atoms with Gasteiger partial charge in [-0.3, -0.25) is 9.59 Å². The van der Waals surface area contributed by atoms with Crippen molar-refractivity contribution in [2.45, 2.75) is 25.7 Å². The summed E-state index contributed by atoms with van der Waals surface area (Å²) >= 11 is 6.95. The van der Waals surface area contributed by atoms with Crippen molar-refractivity contribution in [2.75, 3.05) is 11.2 Å².